The number of methoxy groups -OCH3 is 1. The lowest BCUT2D eigenvalue weighted by Crippen LogP contribution is -2.26. The molecule has 98 valence electrons. The maximum absolute atomic E-state index is 13.5. The van der Waals surface area contributed by atoms with E-state index in [1.54, 1.807) is 12.1 Å². The van der Waals surface area contributed by atoms with E-state index in [-0.39, 0.29) is 23.9 Å². The molecule has 1 aliphatic heterocycles. The average molecular weight is 252 g/mol. The van der Waals surface area contributed by atoms with E-state index in [2.05, 4.69) is 0 Å². The second kappa shape index (κ2) is 5.96. The number of hydrogen-bond acceptors (Lipinski definition) is 3. The van der Waals surface area contributed by atoms with Gasteiger partial charge in [-0.3, -0.25) is 4.79 Å². The van der Waals surface area contributed by atoms with Gasteiger partial charge in [-0.15, -0.1) is 0 Å². The number of hydrogen-bond donors (Lipinski definition) is 0. The van der Waals surface area contributed by atoms with Gasteiger partial charge >= 0.3 is 0 Å². The van der Waals surface area contributed by atoms with E-state index in [0.717, 1.165) is 19.4 Å². The van der Waals surface area contributed by atoms with Crippen LogP contribution in [0, 0.1) is 11.7 Å². The number of carbonyl (C=O) groups excluding carboxylic acids is 1. The van der Waals surface area contributed by atoms with Gasteiger partial charge in [-0.1, -0.05) is 6.07 Å². The van der Waals surface area contributed by atoms with Crippen LogP contribution in [-0.2, 0) is 16.0 Å². The van der Waals surface area contributed by atoms with E-state index in [0.29, 0.717) is 12.2 Å². The number of ether oxygens (including phenoxy) is 2. The summed E-state index contributed by atoms with van der Waals surface area (Å²) in [5, 5.41) is 0. The lowest BCUT2D eigenvalue weighted by Gasteiger charge is -2.20. The molecule has 1 saturated heterocycles. The Hall–Kier alpha value is -1.42. The smallest absolute Gasteiger partial charge is 0.165 e. The van der Waals surface area contributed by atoms with E-state index in [4.69, 9.17) is 9.47 Å². The van der Waals surface area contributed by atoms with Crippen LogP contribution in [-0.4, -0.2) is 26.1 Å². The predicted molar refractivity (Wildman–Crippen MR) is 65.2 cm³/mol. The van der Waals surface area contributed by atoms with Gasteiger partial charge in [0.25, 0.3) is 0 Å². The minimum absolute atomic E-state index is 0.0380. The molecule has 1 aromatic rings. The summed E-state index contributed by atoms with van der Waals surface area (Å²) in [5.74, 6) is -0.141. The van der Waals surface area contributed by atoms with Crippen LogP contribution in [0.25, 0.3) is 0 Å². The second-order valence-corrected chi connectivity index (χ2v) is 4.53. The molecule has 3 nitrogen and oxygen atoms in total. The van der Waals surface area contributed by atoms with Gasteiger partial charge in [0.15, 0.2) is 11.6 Å². The Kier molecular flexibility index (Phi) is 4.31. The number of halogens is 1. The Morgan fingerprint density at radius 1 is 1.56 bits per heavy atom. The topological polar surface area (TPSA) is 35.5 Å². The fraction of sp³-hybridized carbons (Fsp3) is 0.500. The summed E-state index contributed by atoms with van der Waals surface area (Å²) in [7, 11) is 1.42. The lowest BCUT2D eigenvalue weighted by atomic mass is 9.93. The first-order valence-corrected chi connectivity index (χ1v) is 6.13. The van der Waals surface area contributed by atoms with Gasteiger partial charge in [-0.05, 0) is 30.5 Å². The van der Waals surface area contributed by atoms with Crippen LogP contribution in [0.3, 0.4) is 0 Å². The predicted octanol–water partition coefficient (Wildman–Crippen LogP) is 2.37. The van der Waals surface area contributed by atoms with E-state index in [1.165, 1.54) is 13.2 Å². The van der Waals surface area contributed by atoms with E-state index >= 15 is 0 Å². The Balaban J connectivity index is 2.00. The Labute approximate surface area is 106 Å². The molecule has 0 radical (unpaired) electrons. The molecule has 1 aromatic carbocycles. The molecule has 0 aliphatic carbocycles. The van der Waals surface area contributed by atoms with Crippen molar-refractivity contribution in [3.05, 3.63) is 29.6 Å². The molecular formula is C14H17FO3. The first kappa shape index (κ1) is 13.0. The SMILES string of the molecule is COc1ccc(CC(=O)C2CCCOC2)cc1F. The second-order valence-electron chi connectivity index (χ2n) is 4.53. The summed E-state index contributed by atoms with van der Waals surface area (Å²) < 4.78 is 23.6. The summed E-state index contributed by atoms with van der Waals surface area (Å²) in [5.41, 5.74) is 0.684. The third-order valence-corrected chi connectivity index (χ3v) is 3.21. The quantitative estimate of drug-likeness (QED) is 0.825. The molecule has 18 heavy (non-hydrogen) atoms. The van der Waals surface area contributed by atoms with Gasteiger partial charge in [0.2, 0.25) is 0 Å². The molecule has 0 aromatic heterocycles. The minimum atomic E-state index is -0.428. The fourth-order valence-electron chi connectivity index (χ4n) is 2.16. The van der Waals surface area contributed by atoms with Crippen LogP contribution in [0.2, 0.25) is 0 Å². The van der Waals surface area contributed by atoms with Crippen LogP contribution in [0.15, 0.2) is 18.2 Å². The summed E-state index contributed by atoms with van der Waals surface area (Å²) in [6, 6.07) is 4.64. The first-order valence-electron chi connectivity index (χ1n) is 6.13. The molecule has 4 heteroatoms. The molecule has 1 unspecified atom stereocenters. The van der Waals surface area contributed by atoms with Crippen LogP contribution in [0.4, 0.5) is 4.39 Å². The van der Waals surface area contributed by atoms with Crippen LogP contribution >= 0.6 is 0 Å². The zero-order valence-electron chi connectivity index (χ0n) is 10.4. The molecule has 0 saturated carbocycles. The minimum Gasteiger partial charge on any atom is -0.494 e. The molecule has 0 spiro atoms. The van der Waals surface area contributed by atoms with Gasteiger partial charge in [0.05, 0.1) is 13.7 Å². The first-order chi connectivity index (χ1) is 8.70. The average Bonchev–Trinajstić information content (AvgIpc) is 2.40. The van der Waals surface area contributed by atoms with Crippen molar-refractivity contribution < 1.29 is 18.7 Å². The Morgan fingerprint density at radius 2 is 2.39 bits per heavy atom. The summed E-state index contributed by atoms with van der Waals surface area (Å²) in [6.07, 6.45) is 2.06. The highest BCUT2D eigenvalue weighted by Gasteiger charge is 2.21. The van der Waals surface area contributed by atoms with Gasteiger partial charge in [-0.2, -0.15) is 0 Å². The number of ketones is 1. The molecule has 1 aliphatic rings. The van der Waals surface area contributed by atoms with Crippen molar-refractivity contribution in [2.24, 2.45) is 5.92 Å². The van der Waals surface area contributed by atoms with Crippen LogP contribution < -0.4 is 4.74 Å². The summed E-state index contributed by atoms with van der Waals surface area (Å²) in [6.45, 7) is 1.23. The summed E-state index contributed by atoms with van der Waals surface area (Å²) in [4.78, 5) is 12.0. The third kappa shape index (κ3) is 3.07. The van der Waals surface area contributed by atoms with Crippen LogP contribution in [0.5, 0.6) is 5.75 Å². The van der Waals surface area contributed by atoms with Crippen molar-refractivity contribution >= 4 is 5.78 Å². The van der Waals surface area contributed by atoms with Crippen molar-refractivity contribution in [1.82, 2.24) is 0 Å². The molecule has 0 amide bonds. The van der Waals surface area contributed by atoms with Crippen molar-refractivity contribution in [2.45, 2.75) is 19.3 Å². The number of Topliss-reactive ketones (excluding diaryl/α,β-unsaturated/α-hetero) is 1. The maximum Gasteiger partial charge on any atom is 0.165 e. The Bertz CT molecular complexity index is 425. The third-order valence-electron chi connectivity index (χ3n) is 3.21. The fourth-order valence-corrected chi connectivity index (χ4v) is 2.16. The van der Waals surface area contributed by atoms with Gasteiger partial charge in [-0.25, -0.2) is 4.39 Å². The highest BCUT2D eigenvalue weighted by Crippen LogP contribution is 2.20. The van der Waals surface area contributed by atoms with Crippen LogP contribution in [0.1, 0.15) is 18.4 Å². The highest BCUT2D eigenvalue weighted by atomic mass is 19.1. The number of benzene rings is 1. The zero-order valence-corrected chi connectivity index (χ0v) is 10.4. The monoisotopic (exact) mass is 252 g/mol. The number of rotatable bonds is 4. The van der Waals surface area contributed by atoms with Crippen molar-refractivity contribution in [1.29, 1.82) is 0 Å². The molecule has 0 bridgehead atoms. The van der Waals surface area contributed by atoms with E-state index in [1.807, 2.05) is 0 Å². The zero-order chi connectivity index (χ0) is 13.0. The molecular weight excluding hydrogens is 235 g/mol. The molecule has 1 heterocycles. The molecule has 1 fully saturated rings. The van der Waals surface area contributed by atoms with E-state index in [9.17, 15) is 9.18 Å². The van der Waals surface area contributed by atoms with Crippen molar-refractivity contribution in [3.8, 4) is 5.75 Å². The largest absolute Gasteiger partial charge is 0.494 e. The van der Waals surface area contributed by atoms with Crippen molar-refractivity contribution in [2.75, 3.05) is 20.3 Å². The number of carbonyl (C=O) groups is 1. The molecule has 0 N–H and O–H groups in total. The Morgan fingerprint density at radius 3 is 3.00 bits per heavy atom. The molecule has 2 rings (SSSR count). The highest BCUT2D eigenvalue weighted by molar-refractivity contribution is 5.83. The van der Waals surface area contributed by atoms with E-state index < -0.39 is 5.82 Å². The normalized spacial score (nSPS) is 19.6. The van der Waals surface area contributed by atoms with Gasteiger partial charge < -0.3 is 9.47 Å². The summed E-state index contributed by atoms with van der Waals surface area (Å²) >= 11 is 0. The van der Waals surface area contributed by atoms with Gasteiger partial charge in [0, 0.05) is 18.9 Å². The maximum atomic E-state index is 13.5. The molecule has 1 atom stereocenters. The lowest BCUT2D eigenvalue weighted by molar-refractivity contribution is -0.126. The standard InChI is InChI=1S/C14H17FO3/c1-17-14-5-4-10(7-12(14)15)8-13(16)11-3-2-6-18-9-11/h4-5,7,11H,2-3,6,8-9H2,1H3. The van der Waals surface area contributed by atoms with Gasteiger partial charge in [0.1, 0.15) is 5.78 Å². The van der Waals surface area contributed by atoms with Crippen molar-refractivity contribution in [3.63, 3.8) is 0 Å².